The first-order valence-corrected chi connectivity index (χ1v) is 5.34. The Balaban J connectivity index is 2.27. The largest absolute Gasteiger partial charge is 0.361 e. The quantitative estimate of drug-likeness (QED) is 0.782. The molecule has 0 bridgehead atoms. The second kappa shape index (κ2) is 4.67. The van der Waals surface area contributed by atoms with Crippen LogP contribution in [0.25, 0.3) is 11.8 Å². The van der Waals surface area contributed by atoms with Gasteiger partial charge < -0.3 is 5.32 Å². The Hall–Kier alpha value is -2.02. The Morgan fingerprint density at radius 1 is 1.19 bits per heavy atom. The van der Waals surface area contributed by atoms with E-state index in [1.54, 1.807) is 0 Å². The molecule has 0 aromatic heterocycles. The van der Waals surface area contributed by atoms with Gasteiger partial charge in [0.25, 0.3) is 0 Å². The lowest BCUT2D eigenvalue weighted by molar-refractivity contribution is 1.19. The van der Waals surface area contributed by atoms with Gasteiger partial charge in [0.2, 0.25) is 0 Å². The van der Waals surface area contributed by atoms with E-state index in [4.69, 9.17) is 0 Å². The summed E-state index contributed by atoms with van der Waals surface area (Å²) in [5.74, 6) is 0. The monoisotopic (exact) mass is 209 g/mol. The summed E-state index contributed by atoms with van der Waals surface area (Å²) in [6.07, 6.45) is 10.1. The molecule has 0 amide bonds. The van der Waals surface area contributed by atoms with Crippen molar-refractivity contribution in [3.8, 4) is 0 Å². The van der Waals surface area contributed by atoms with Gasteiger partial charge in [0.15, 0.2) is 0 Å². The van der Waals surface area contributed by atoms with Crippen molar-refractivity contribution in [1.29, 1.82) is 0 Å². The van der Waals surface area contributed by atoms with Gasteiger partial charge in [-0.15, -0.1) is 0 Å². The van der Waals surface area contributed by atoms with Crippen molar-refractivity contribution in [3.63, 3.8) is 0 Å². The molecule has 2 rings (SSSR count). The molecule has 0 saturated heterocycles. The molecular formula is C15H15N. The van der Waals surface area contributed by atoms with E-state index in [9.17, 15) is 0 Å². The highest BCUT2D eigenvalue weighted by atomic mass is 14.9. The van der Waals surface area contributed by atoms with Crippen LogP contribution in [0.4, 0.5) is 0 Å². The van der Waals surface area contributed by atoms with Gasteiger partial charge in [-0.1, -0.05) is 49.1 Å². The minimum Gasteiger partial charge on any atom is -0.361 e. The van der Waals surface area contributed by atoms with Gasteiger partial charge in [-0.2, -0.15) is 0 Å². The summed E-state index contributed by atoms with van der Waals surface area (Å²) in [7, 11) is 0. The first-order chi connectivity index (χ1) is 7.79. The van der Waals surface area contributed by atoms with Crippen molar-refractivity contribution in [3.05, 3.63) is 72.0 Å². The third kappa shape index (κ3) is 2.31. The highest BCUT2D eigenvalue weighted by molar-refractivity contribution is 5.68. The van der Waals surface area contributed by atoms with Crippen molar-refractivity contribution in [2.24, 2.45) is 0 Å². The molecule has 0 fully saturated rings. The second-order valence-electron chi connectivity index (χ2n) is 3.80. The lowest BCUT2D eigenvalue weighted by atomic mass is 10.1. The number of nitrogens with one attached hydrogen (secondary N) is 1. The molecule has 80 valence electrons. The van der Waals surface area contributed by atoms with Gasteiger partial charge in [-0.25, -0.2) is 0 Å². The summed E-state index contributed by atoms with van der Waals surface area (Å²) >= 11 is 0. The highest BCUT2D eigenvalue weighted by Crippen LogP contribution is 2.15. The molecule has 0 aliphatic carbocycles. The minimum atomic E-state index is 1.11. The van der Waals surface area contributed by atoms with Crippen molar-refractivity contribution >= 4 is 11.8 Å². The van der Waals surface area contributed by atoms with E-state index in [1.165, 1.54) is 11.1 Å². The predicted octanol–water partition coefficient (Wildman–Crippen LogP) is 3.73. The summed E-state index contributed by atoms with van der Waals surface area (Å²) in [5, 5.41) is 3.30. The molecule has 0 spiro atoms. The number of hydrogen-bond acceptors (Lipinski definition) is 1. The van der Waals surface area contributed by atoms with E-state index in [-0.39, 0.29) is 0 Å². The minimum absolute atomic E-state index is 1.11. The van der Waals surface area contributed by atoms with Crippen LogP contribution in [0.1, 0.15) is 18.1 Å². The van der Waals surface area contributed by atoms with Gasteiger partial charge in [0.1, 0.15) is 0 Å². The number of allylic oxidation sites excluding steroid dienone is 4. The zero-order valence-electron chi connectivity index (χ0n) is 9.40. The van der Waals surface area contributed by atoms with Crippen molar-refractivity contribution in [1.82, 2.24) is 5.32 Å². The van der Waals surface area contributed by atoms with Gasteiger partial charge in [-0.05, 0) is 29.7 Å². The molecule has 0 atom stereocenters. The smallest absolute Gasteiger partial charge is 0.0453 e. The van der Waals surface area contributed by atoms with Crippen molar-refractivity contribution in [2.45, 2.75) is 6.92 Å². The maximum atomic E-state index is 3.75. The number of rotatable bonds is 2. The fourth-order valence-electron chi connectivity index (χ4n) is 1.56. The topological polar surface area (TPSA) is 12.0 Å². The van der Waals surface area contributed by atoms with Crippen LogP contribution >= 0.6 is 0 Å². The standard InChI is InChI=1S/C15H15N/c1-3-13-7-9-14(10-8-13)15-6-4-5-12(2)11-16-15/h3-11,16H,1H2,2H3. The zero-order valence-corrected chi connectivity index (χ0v) is 9.40. The van der Waals surface area contributed by atoms with Crippen LogP contribution in [0.3, 0.4) is 0 Å². The number of hydrogen-bond donors (Lipinski definition) is 1. The first kappa shape index (κ1) is 10.5. The molecule has 0 saturated carbocycles. The van der Waals surface area contributed by atoms with E-state index < -0.39 is 0 Å². The first-order valence-electron chi connectivity index (χ1n) is 5.34. The SMILES string of the molecule is C=Cc1ccc(C2=CC=CC(C)=CN2)cc1. The molecule has 1 aliphatic heterocycles. The van der Waals surface area contributed by atoms with Crippen molar-refractivity contribution in [2.75, 3.05) is 0 Å². The maximum Gasteiger partial charge on any atom is 0.0453 e. The Kier molecular flexibility index (Phi) is 3.06. The van der Waals surface area contributed by atoms with Crippen LogP contribution in [0, 0.1) is 0 Å². The summed E-state index contributed by atoms with van der Waals surface area (Å²) < 4.78 is 0. The lowest BCUT2D eigenvalue weighted by Crippen LogP contribution is -2.03. The molecule has 0 unspecified atom stereocenters. The average Bonchev–Trinajstić information content (AvgIpc) is 2.54. The van der Waals surface area contributed by atoms with Crippen LogP contribution in [-0.2, 0) is 0 Å². The summed E-state index contributed by atoms with van der Waals surface area (Å²) in [5.41, 5.74) is 4.65. The Labute approximate surface area is 96.5 Å². The Morgan fingerprint density at radius 2 is 1.94 bits per heavy atom. The number of benzene rings is 1. The third-order valence-corrected chi connectivity index (χ3v) is 2.53. The molecule has 1 aromatic carbocycles. The Bertz CT molecular complexity index is 470. The molecule has 1 nitrogen and oxygen atoms in total. The van der Waals surface area contributed by atoms with Gasteiger partial charge in [0, 0.05) is 11.9 Å². The van der Waals surface area contributed by atoms with Crippen LogP contribution < -0.4 is 5.32 Å². The third-order valence-electron chi connectivity index (χ3n) is 2.53. The highest BCUT2D eigenvalue weighted by Gasteiger charge is 2.00. The summed E-state index contributed by atoms with van der Waals surface area (Å²) in [6.45, 7) is 5.82. The molecule has 1 heterocycles. The average molecular weight is 209 g/mol. The fraction of sp³-hybridized carbons (Fsp3) is 0.0667. The lowest BCUT2D eigenvalue weighted by Gasteiger charge is -2.06. The predicted molar refractivity (Wildman–Crippen MR) is 70.5 cm³/mol. The van der Waals surface area contributed by atoms with E-state index in [0.717, 1.165) is 11.3 Å². The molecule has 0 radical (unpaired) electrons. The summed E-state index contributed by atoms with van der Waals surface area (Å²) in [4.78, 5) is 0. The summed E-state index contributed by atoms with van der Waals surface area (Å²) in [6, 6.07) is 8.32. The van der Waals surface area contributed by atoms with Crippen LogP contribution in [0.15, 0.2) is 60.8 Å². The molecule has 1 heteroatoms. The van der Waals surface area contributed by atoms with E-state index in [2.05, 4.69) is 61.3 Å². The molecular weight excluding hydrogens is 194 g/mol. The van der Waals surface area contributed by atoms with Gasteiger partial charge >= 0.3 is 0 Å². The van der Waals surface area contributed by atoms with E-state index in [0.29, 0.717) is 0 Å². The second-order valence-corrected chi connectivity index (χ2v) is 3.80. The van der Waals surface area contributed by atoms with Crippen LogP contribution in [0.5, 0.6) is 0 Å². The van der Waals surface area contributed by atoms with Gasteiger partial charge in [0.05, 0.1) is 0 Å². The zero-order chi connectivity index (χ0) is 11.4. The molecule has 1 aromatic rings. The van der Waals surface area contributed by atoms with E-state index >= 15 is 0 Å². The van der Waals surface area contributed by atoms with Crippen LogP contribution in [0.2, 0.25) is 0 Å². The fourth-order valence-corrected chi connectivity index (χ4v) is 1.56. The van der Waals surface area contributed by atoms with E-state index in [1.807, 2.05) is 12.3 Å². The Morgan fingerprint density at radius 3 is 2.62 bits per heavy atom. The van der Waals surface area contributed by atoms with Crippen LogP contribution in [-0.4, -0.2) is 0 Å². The normalized spacial score (nSPS) is 14.6. The maximum absolute atomic E-state index is 3.75. The molecule has 16 heavy (non-hydrogen) atoms. The van der Waals surface area contributed by atoms with Gasteiger partial charge in [-0.3, -0.25) is 0 Å². The molecule has 1 N–H and O–H groups in total. The molecule has 1 aliphatic rings. The van der Waals surface area contributed by atoms with Crippen molar-refractivity contribution < 1.29 is 0 Å².